The summed E-state index contributed by atoms with van der Waals surface area (Å²) in [5.41, 5.74) is 0.653. The minimum atomic E-state index is -0.752. The van der Waals surface area contributed by atoms with Crippen LogP contribution in [0.25, 0.3) is 11.7 Å². The van der Waals surface area contributed by atoms with Gasteiger partial charge >= 0.3 is 12.0 Å². The molecular formula is C17H19ClN4O4. The predicted molar refractivity (Wildman–Crippen MR) is 96.6 cm³/mol. The Morgan fingerprint density at radius 1 is 1.31 bits per heavy atom. The van der Waals surface area contributed by atoms with Gasteiger partial charge in [-0.05, 0) is 39.0 Å². The maximum absolute atomic E-state index is 11.7. The zero-order valence-electron chi connectivity index (χ0n) is 14.6. The van der Waals surface area contributed by atoms with Gasteiger partial charge in [0.05, 0.1) is 5.69 Å². The van der Waals surface area contributed by atoms with E-state index >= 15 is 0 Å². The van der Waals surface area contributed by atoms with Crippen LogP contribution in [0.15, 0.2) is 30.5 Å². The van der Waals surface area contributed by atoms with Crippen molar-refractivity contribution in [1.82, 2.24) is 20.0 Å². The number of amides is 3. The average Bonchev–Trinajstić information content (AvgIpc) is 2.84. The highest BCUT2D eigenvalue weighted by Crippen LogP contribution is 2.18. The minimum Gasteiger partial charge on any atom is -0.452 e. The first-order valence-electron chi connectivity index (χ1n) is 7.75. The molecule has 138 valence electrons. The fraction of sp³-hybridized carbons (Fsp3) is 0.294. The summed E-state index contributed by atoms with van der Waals surface area (Å²) in [6, 6.07) is 4.73. The van der Waals surface area contributed by atoms with Crippen LogP contribution in [0, 0.1) is 0 Å². The smallest absolute Gasteiger partial charge is 0.331 e. The monoisotopic (exact) mass is 378 g/mol. The first kappa shape index (κ1) is 19.5. The zero-order chi connectivity index (χ0) is 19.3. The van der Waals surface area contributed by atoms with E-state index in [4.69, 9.17) is 16.3 Å². The molecule has 3 amide bonds. The SMILES string of the molecule is CC(C)(C)NC(=O)NC(=O)COC(=O)/C=C/c1c(Cl)nc2ccccn12. The zero-order valence-corrected chi connectivity index (χ0v) is 15.3. The number of rotatable bonds is 4. The highest BCUT2D eigenvalue weighted by atomic mass is 35.5. The number of imidazole rings is 1. The molecule has 2 aromatic rings. The summed E-state index contributed by atoms with van der Waals surface area (Å²) in [7, 11) is 0. The van der Waals surface area contributed by atoms with E-state index in [9.17, 15) is 14.4 Å². The van der Waals surface area contributed by atoms with Gasteiger partial charge in [0.15, 0.2) is 11.8 Å². The lowest BCUT2D eigenvalue weighted by atomic mass is 10.1. The summed E-state index contributed by atoms with van der Waals surface area (Å²) < 4.78 is 6.50. The van der Waals surface area contributed by atoms with Crippen LogP contribution in [0.4, 0.5) is 4.79 Å². The molecule has 0 aromatic carbocycles. The minimum absolute atomic E-state index is 0.233. The molecular weight excluding hydrogens is 360 g/mol. The lowest BCUT2D eigenvalue weighted by Crippen LogP contribution is -2.49. The number of urea groups is 1. The van der Waals surface area contributed by atoms with Crippen LogP contribution in [-0.2, 0) is 14.3 Å². The van der Waals surface area contributed by atoms with E-state index in [0.29, 0.717) is 11.3 Å². The van der Waals surface area contributed by atoms with Crippen LogP contribution in [0.5, 0.6) is 0 Å². The third-order valence-corrected chi connectivity index (χ3v) is 3.26. The summed E-state index contributed by atoms with van der Waals surface area (Å²) >= 11 is 6.04. The van der Waals surface area contributed by atoms with Crippen LogP contribution < -0.4 is 10.6 Å². The van der Waals surface area contributed by atoms with Gasteiger partial charge in [0, 0.05) is 17.8 Å². The lowest BCUT2D eigenvalue weighted by molar-refractivity contribution is -0.143. The van der Waals surface area contributed by atoms with Crippen molar-refractivity contribution in [3.05, 3.63) is 41.3 Å². The number of hydrogen-bond donors (Lipinski definition) is 2. The molecule has 0 radical (unpaired) electrons. The number of carbonyl (C=O) groups excluding carboxylic acids is 3. The van der Waals surface area contributed by atoms with Gasteiger partial charge in [-0.25, -0.2) is 14.6 Å². The molecule has 0 saturated carbocycles. The van der Waals surface area contributed by atoms with E-state index in [2.05, 4.69) is 15.6 Å². The highest BCUT2D eigenvalue weighted by molar-refractivity contribution is 6.31. The number of ether oxygens (including phenoxy) is 1. The molecule has 9 heteroatoms. The normalized spacial score (nSPS) is 11.5. The molecule has 0 spiro atoms. The molecule has 8 nitrogen and oxygen atoms in total. The second kappa shape index (κ2) is 8.01. The van der Waals surface area contributed by atoms with Crippen molar-refractivity contribution >= 4 is 41.2 Å². The first-order valence-corrected chi connectivity index (χ1v) is 8.13. The van der Waals surface area contributed by atoms with Crippen LogP contribution >= 0.6 is 11.6 Å². The molecule has 0 unspecified atom stereocenters. The summed E-state index contributed by atoms with van der Waals surface area (Å²) in [5.74, 6) is -1.49. The van der Waals surface area contributed by atoms with E-state index in [1.165, 1.54) is 6.08 Å². The van der Waals surface area contributed by atoms with Crippen molar-refractivity contribution in [1.29, 1.82) is 0 Å². The number of imide groups is 1. The second-order valence-electron chi connectivity index (χ2n) is 6.41. The van der Waals surface area contributed by atoms with Gasteiger partial charge in [0.2, 0.25) is 0 Å². The molecule has 0 saturated heterocycles. The van der Waals surface area contributed by atoms with Crippen LogP contribution in [0.3, 0.4) is 0 Å². The third kappa shape index (κ3) is 5.59. The van der Waals surface area contributed by atoms with Gasteiger partial charge < -0.3 is 10.1 Å². The molecule has 2 heterocycles. The fourth-order valence-corrected chi connectivity index (χ4v) is 2.24. The molecule has 0 aliphatic rings. The Balaban J connectivity index is 1.88. The highest BCUT2D eigenvalue weighted by Gasteiger charge is 2.16. The Kier molecular flexibility index (Phi) is 5.99. The molecule has 2 aromatic heterocycles. The van der Waals surface area contributed by atoms with Crippen molar-refractivity contribution in [2.45, 2.75) is 26.3 Å². The Bertz CT molecular complexity index is 867. The van der Waals surface area contributed by atoms with E-state index in [1.54, 1.807) is 43.5 Å². The van der Waals surface area contributed by atoms with Crippen LogP contribution in [0.1, 0.15) is 26.5 Å². The number of nitrogens with one attached hydrogen (secondary N) is 2. The Hall–Kier alpha value is -2.87. The largest absolute Gasteiger partial charge is 0.452 e. The molecule has 2 rings (SSSR count). The Morgan fingerprint density at radius 3 is 2.73 bits per heavy atom. The standard InChI is InChI=1S/C17H19ClN4O4/c1-17(2,3)21-16(25)20-13(23)10-26-14(24)8-7-11-15(18)19-12-6-4-5-9-22(11)12/h4-9H,10H2,1-3H3,(H2,20,21,23,25)/b8-7+. The maximum atomic E-state index is 11.7. The fourth-order valence-electron chi connectivity index (χ4n) is 2.00. The van der Waals surface area contributed by atoms with E-state index < -0.39 is 30.1 Å². The summed E-state index contributed by atoms with van der Waals surface area (Å²) in [5, 5.41) is 4.86. The van der Waals surface area contributed by atoms with Crippen molar-refractivity contribution in [3.8, 4) is 0 Å². The topological polar surface area (TPSA) is 102 Å². The molecule has 0 aliphatic heterocycles. The summed E-state index contributed by atoms with van der Waals surface area (Å²) in [6.45, 7) is 4.73. The molecule has 0 fully saturated rings. The van der Waals surface area contributed by atoms with E-state index in [0.717, 1.165) is 6.08 Å². The Labute approximate surface area is 155 Å². The third-order valence-electron chi connectivity index (χ3n) is 2.99. The van der Waals surface area contributed by atoms with Gasteiger partial charge in [0.25, 0.3) is 5.91 Å². The molecule has 26 heavy (non-hydrogen) atoms. The predicted octanol–water partition coefficient (Wildman–Crippen LogP) is 2.17. The van der Waals surface area contributed by atoms with Gasteiger partial charge in [-0.3, -0.25) is 14.5 Å². The second-order valence-corrected chi connectivity index (χ2v) is 6.77. The Morgan fingerprint density at radius 2 is 2.04 bits per heavy atom. The number of halogens is 1. The number of nitrogens with zero attached hydrogens (tertiary/aromatic N) is 2. The quantitative estimate of drug-likeness (QED) is 0.627. The van der Waals surface area contributed by atoms with E-state index in [1.807, 2.05) is 6.07 Å². The van der Waals surface area contributed by atoms with Crippen LogP contribution in [-0.4, -0.2) is 39.4 Å². The van der Waals surface area contributed by atoms with Crippen LogP contribution in [0.2, 0.25) is 5.15 Å². The molecule has 0 aliphatic carbocycles. The lowest BCUT2D eigenvalue weighted by Gasteiger charge is -2.20. The molecule has 0 atom stereocenters. The van der Waals surface area contributed by atoms with Gasteiger partial charge in [0.1, 0.15) is 5.65 Å². The van der Waals surface area contributed by atoms with Gasteiger partial charge in [-0.1, -0.05) is 17.7 Å². The molecule has 0 bridgehead atoms. The van der Waals surface area contributed by atoms with E-state index in [-0.39, 0.29) is 5.15 Å². The van der Waals surface area contributed by atoms with Crippen molar-refractivity contribution in [3.63, 3.8) is 0 Å². The number of aromatic nitrogens is 2. The number of carbonyl (C=O) groups is 3. The first-order chi connectivity index (χ1) is 12.2. The average molecular weight is 379 g/mol. The van der Waals surface area contributed by atoms with Crippen molar-refractivity contribution in [2.75, 3.05) is 6.61 Å². The molecule has 2 N–H and O–H groups in total. The van der Waals surface area contributed by atoms with Gasteiger partial charge in [-0.15, -0.1) is 0 Å². The number of pyridine rings is 1. The number of hydrogen-bond acceptors (Lipinski definition) is 5. The number of esters is 1. The summed E-state index contributed by atoms with van der Waals surface area (Å²) in [6.07, 6.45) is 4.32. The van der Waals surface area contributed by atoms with Crippen molar-refractivity contribution in [2.24, 2.45) is 0 Å². The maximum Gasteiger partial charge on any atom is 0.331 e. The van der Waals surface area contributed by atoms with Gasteiger partial charge in [-0.2, -0.15) is 0 Å². The number of fused-ring (bicyclic) bond motifs is 1. The van der Waals surface area contributed by atoms with Crippen molar-refractivity contribution < 1.29 is 19.1 Å². The summed E-state index contributed by atoms with van der Waals surface area (Å²) in [4.78, 5) is 39.0.